The van der Waals surface area contributed by atoms with Crippen molar-refractivity contribution in [1.82, 2.24) is 0 Å². The lowest BCUT2D eigenvalue weighted by Gasteiger charge is -2.37. The zero-order chi connectivity index (χ0) is 14.3. The van der Waals surface area contributed by atoms with E-state index in [1.165, 1.54) is 6.08 Å². The predicted molar refractivity (Wildman–Crippen MR) is 82.8 cm³/mol. The van der Waals surface area contributed by atoms with Gasteiger partial charge in [0.1, 0.15) is 14.2 Å². The van der Waals surface area contributed by atoms with Gasteiger partial charge >= 0.3 is 0 Å². The third kappa shape index (κ3) is 4.05. The lowest BCUT2D eigenvalue weighted by atomic mass is 10.3. The molecule has 0 aromatic carbocycles. The van der Waals surface area contributed by atoms with Crippen molar-refractivity contribution in [2.75, 3.05) is 0 Å². The molecule has 0 aliphatic rings. The Morgan fingerprint density at radius 1 is 0.944 bits per heavy atom. The molecule has 1 N–H and O–H groups in total. The highest BCUT2D eigenvalue weighted by molar-refractivity contribution is 6.90. The van der Waals surface area contributed by atoms with E-state index in [1.807, 2.05) is 0 Å². The molecule has 0 aliphatic carbocycles. The first-order valence-corrected chi connectivity index (χ1v) is 8.85. The number of hydrogen-bond acceptors (Lipinski definition) is 1. The van der Waals surface area contributed by atoms with Gasteiger partial charge in [0, 0.05) is 0 Å². The van der Waals surface area contributed by atoms with E-state index in [0.717, 1.165) is 0 Å². The van der Waals surface area contributed by atoms with Crippen LogP contribution in [0.1, 0.15) is 41.5 Å². The van der Waals surface area contributed by atoms with Crippen LogP contribution in [0.4, 0.5) is 0 Å². The molecule has 0 unspecified atom stereocenters. The summed E-state index contributed by atoms with van der Waals surface area (Å²) in [6, 6.07) is 0. The van der Waals surface area contributed by atoms with E-state index in [4.69, 9.17) is 0 Å². The third-order valence-electron chi connectivity index (χ3n) is 3.65. The highest BCUT2D eigenvalue weighted by Crippen LogP contribution is 2.40. The van der Waals surface area contributed by atoms with E-state index in [0.29, 0.717) is 16.6 Å². The van der Waals surface area contributed by atoms with Crippen LogP contribution in [0, 0.1) is 23.3 Å². The summed E-state index contributed by atoms with van der Waals surface area (Å²) in [6.07, 6.45) is 0.639. The second-order valence-electron chi connectivity index (χ2n) is 5.60. The van der Waals surface area contributed by atoms with Crippen LogP contribution in [0.25, 0.3) is 0 Å². The van der Waals surface area contributed by atoms with Crippen molar-refractivity contribution in [3.8, 4) is 23.3 Å². The first kappa shape index (κ1) is 17.0. The number of rotatable bonds is 4. The normalized spacial score (nSPS) is 12.8. The van der Waals surface area contributed by atoms with Gasteiger partial charge in [-0.1, -0.05) is 60.1 Å². The Bertz CT molecular complexity index is 363. The van der Waals surface area contributed by atoms with Gasteiger partial charge in [-0.2, -0.15) is 0 Å². The van der Waals surface area contributed by atoms with Crippen LogP contribution in [0.2, 0.25) is 16.6 Å². The molecular formula is C16H26OSi. The maximum absolute atomic E-state index is 9.27. The molecule has 0 amide bonds. The molecule has 0 rings (SSSR count). The van der Waals surface area contributed by atoms with Crippen molar-refractivity contribution in [2.24, 2.45) is 0 Å². The second-order valence-corrected chi connectivity index (χ2v) is 11.2. The molecule has 2 heteroatoms. The van der Waals surface area contributed by atoms with Crippen LogP contribution in [0.3, 0.4) is 0 Å². The molecule has 0 aromatic rings. The molecule has 0 saturated carbocycles. The Kier molecular flexibility index (Phi) is 7.07. The minimum absolute atomic E-state index is 0.608. The summed E-state index contributed by atoms with van der Waals surface area (Å²) in [5, 5.41) is 9.27. The van der Waals surface area contributed by atoms with Crippen LogP contribution in [0.5, 0.6) is 0 Å². The highest BCUT2D eigenvalue weighted by Gasteiger charge is 2.41. The van der Waals surface area contributed by atoms with E-state index in [-0.39, 0.29) is 0 Å². The van der Waals surface area contributed by atoms with Gasteiger partial charge in [0.2, 0.25) is 0 Å². The van der Waals surface area contributed by atoms with Crippen LogP contribution >= 0.6 is 0 Å². The monoisotopic (exact) mass is 262 g/mol. The summed E-state index contributed by atoms with van der Waals surface area (Å²) >= 11 is 0. The summed E-state index contributed by atoms with van der Waals surface area (Å²) < 4.78 is 0. The molecule has 100 valence electrons. The first-order chi connectivity index (χ1) is 8.28. The van der Waals surface area contributed by atoms with E-state index in [9.17, 15) is 5.11 Å². The topological polar surface area (TPSA) is 20.2 Å². The van der Waals surface area contributed by atoms with Gasteiger partial charge in [-0.3, -0.25) is 0 Å². The molecule has 0 fully saturated rings. The summed E-state index contributed by atoms with van der Waals surface area (Å²) in [7, 11) is -1.68. The van der Waals surface area contributed by atoms with Crippen molar-refractivity contribution in [3.63, 3.8) is 0 Å². The minimum atomic E-state index is -1.68. The van der Waals surface area contributed by atoms with E-state index in [1.54, 1.807) is 0 Å². The zero-order valence-corrected chi connectivity index (χ0v) is 13.5. The number of aliphatic hydroxyl groups excluding tert-OH is 1. The maximum Gasteiger partial charge on any atom is 0.147 e. The summed E-state index contributed by atoms with van der Waals surface area (Å²) in [5.74, 6) is 8.39. The molecule has 0 aliphatic heterocycles. The van der Waals surface area contributed by atoms with Crippen molar-refractivity contribution in [2.45, 2.75) is 64.3 Å². The highest BCUT2D eigenvalue weighted by atomic mass is 28.3. The lowest BCUT2D eigenvalue weighted by molar-refractivity contribution is 0.281. The molecule has 0 radical (unpaired) electrons. The molecule has 18 heavy (non-hydrogen) atoms. The Hall–Kier alpha value is -0.963. The minimum Gasteiger partial charge on any atom is -0.377 e. The van der Waals surface area contributed by atoms with Gasteiger partial charge < -0.3 is 5.11 Å². The lowest BCUT2D eigenvalue weighted by Crippen LogP contribution is -2.43. The SMILES string of the molecule is C=C[C@H](O)C#CC#C[Si](C(C)C)(C(C)C)C(C)C. The van der Waals surface area contributed by atoms with Gasteiger partial charge in [-0.05, 0) is 28.5 Å². The summed E-state index contributed by atoms with van der Waals surface area (Å²) in [6.45, 7) is 17.1. The summed E-state index contributed by atoms with van der Waals surface area (Å²) in [5.41, 5.74) is 5.30. The number of aliphatic hydroxyl groups is 1. The van der Waals surface area contributed by atoms with Crippen molar-refractivity contribution in [3.05, 3.63) is 12.7 Å². The van der Waals surface area contributed by atoms with E-state index >= 15 is 0 Å². The Labute approximate surface area is 114 Å². The van der Waals surface area contributed by atoms with E-state index in [2.05, 4.69) is 71.4 Å². The largest absolute Gasteiger partial charge is 0.377 e. The zero-order valence-electron chi connectivity index (χ0n) is 12.5. The predicted octanol–water partition coefficient (Wildman–Crippen LogP) is 3.76. The smallest absolute Gasteiger partial charge is 0.147 e. The van der Waals surface area contributed by atoms with Crippen molar-refractivity contribution < 1.29 is 5.11 Å². The molecule has 0 bridgehead atoms. The molecule has 0 spiro atoms. The van der Waals surface area contributed by atoms with Gasteiger partial charge in [0.15, 0.2) is 0 Å². The molecule has 0 saturated heterocycles. The van der Waals surface area contributed by atoms with Crippen LogP contribution in [-0.4, -0.2) is 19.3 Å². The fourth-order valence-electron chi connectivity index (χ4n) is 2.74. The van der Waals surface area contributed by atoms with Gasteiger partial charge in [0.25, 0.3) is 0 Å². The standard InChI is InChI=1S/C16H26OSi/c1-8-16(17)11-9-10-12-18(13(2)3,14(4)5)15(6)7/h8,13-17H,1H2,2-7H3/t16-/m0/s1. The second kappa shape index (κ2) is 7.47. The van der Waals surface area contributed by atoms with Crippen LogP contribution in [0.15, 0.2) is 12.7 Å². The third-order valence-corrected chi connectivity index (χ3v) is 9.94. The fraction of sp³-hybridized carbons (Fsp3) is 0.625. The maximum atomic E-state index is 9.27. The first-order valence-electron chi connectivity index (χ1n) is 6.62. The van der Waals surface area contributed by atoms with Crippen molar-refractivity contribution >= 4 is 8.07 Å². The molecule has 1 atom stereocenters. The van der Waals surface area contributed by atoms with Gasteiger partial charge in [0.05, 0.1) is 0 Å². The Morgan fingerprint density at radius 2 is 1.39 bits per heavy atom. The Balaban J connectivity index is 5.30. The van der Waals surface area contributed by atoms with Crippen molar-refractivity contribution in [1.29, 1.82) is 0 Å². The molecule has 0 heterocycles. The number of hydrogen-bond donors (Lipinski definition) is 1. The van der Waals surface area contributed by atoms with Crippen LogP contribution in [-0.2, 0) is 0 Å². The summed E-state index contributed by atoms with van der Waals surface area (Å²) in [4.78, 5) is 0. The molecular weight excluding hydrogens is 236 g/mol. The molecule has 1 nitrogen and oxygen atoms in total. The average Bonchev–Trinajstić information content (AvgIpc) is 2.27. The van der Waals surface area contributed by atoms with E-state index < -0.39 is 14.2 Å². The quantitative estimate of drug-likeness (QED) is 0.465. The average molecular weight is 262 g/mol. The molecule has 0 aromatic heterocycles. The fourth-order valence-corrected chi connectivity index (χ4v) is 7.89. The Morgan fingerprint density at radius 3 is 1.72 bits per heavy atom. The van der Waals surface area contributed by atoms with Gasteiger partial charge in [-0.25, -0.2) is 0 Å². The van der Waals surface area contributed by atoms with Crippen LogP contribution < -0.4 is 0 Å². The van der Waals surface area contributed by atoms with Gasteiger partial charge in [-0.15, -0.1) is 5.54 Å².